The first-order valence-corrected chi connectivity index (χ1v) is 6.16. The average Bonchev–Trinajstić information content (AvgIpc) is 2.74. The van der Waals surface area contributed by atoms with E-state index in [1.807, 2.05) is 0 Å². The fourth-order valence-electron chi connectivity index (χ4n) is 1.98. The van der Waals surface area contributed by atoms with Gasteiger partial charge in [0.25, 0.3) is 0 Å². The van der Waals surface area contributed by atoms with Crippen molar-refractivity contribution in [1.29, 1.82) is 0 Å². The normalized spacial score (nSPS) is 18.8. The Labute approximate surface area is 119 Å². The molecule has 1 aromatic rings. The summed E-state index contributed by atoms with van der Waals surface area (Å²) in [5, 5.41) is 0. The molecule has 1 heterocycles. The van der Waals surface area contributed by atoms with Crippen molar-refractivity contribution in [3.8, 4) is 5.75 Å². The quantitative estimate of drug-likeness (QED) is 0.581. The number of aliphatic imine (C=N–C) groups is 1. The number of rotatable bonds is 1. The molecule has 0 radical (unpaired) electrons. The van der Waals surface area contributed by atoms with Crippen molar-refractivity contribution in [3.05, 3.63) is 53.6 Å². The molecule has 3 rings (SSSR count). The third-order valence-corrected chi connectivity index (χ3v) is 2.92. The number of cyclic esters (lactones) is 2. The first kappa shape index (κ1) is 13.0. The van der Waals surface area contributed by atoms with Gasteiger partial charge in [-0.25, -0.2) is 14.4 Å². The molecule has 21 heavy (non-hydrogen) atoms. The number of esters is 2. The second-order valence-corrected chi connectivity index (χ2v) is 4.34. The summed E-state index contributed by atoms with van der Waals surface area (Å²) in [5.74, 6) is -1.02. The Morgan fingerprint density at radius 1 is 1.10 bits per heavy atom. The van der Waals surface area contributed by atoms with E-state index in [0.717, 1.165) is 0 Å². The van der Waals surface area contributed by atoms with Gasteiger partial charge in [0, 0.05) is 6.42 Å². The van der Waals surface area contributed by atoms with Gasteiger partial charge in [-0.3, -0.25) is 0 Å². The molecule has 1 saturated heterocycles. The zero-order valence-corrected chi connectivity index (χ0v) is 10.7. The van der Waals surface area contributed by atoms with Crippen molar-refractivity contribution < 1.29 is 23.9 Å². The van der Waals surface area contributed by atoms with Gasteiger partial charge in [-0.2, -0.15) is 4.99 Å². The number of amides is 1. The van der Waals surface area contributed by atoms with Crippen LogP contribution in [0.3, 0.4) is 0 Å². The summed E-state index contributed by atoms with van der Waals surface area (Å²) in [5.41, 5.74) is 0.675. The molecule has 0 saturated carbocycles. The zero-order chi connectivity index (χ0) is 14.8. The molecule has 6 nitrogen and oxygen atoms in total. The molecule has 0 spiro atoms. The molecule has 1 amide bonds. The summed E-state index contributed by atoms with van der Waals surface area (Å²) < 4.78 is 9.49. The Hall–Kier alpha value is -3.02. The maximum absolute atomic E-state index is 11.7. The van der Waals surface area contributed by atoms with Crippen LogP contribution in [0, 0.1) is 0 Å². The summed E-state index contributed by atoms with van der Waals surface area (Å²) in [6, 6.07) is 8.51. The van der Waals surface area contributed by atoms with E-state index in [2.05, 4.69) is 9.73 Å². The van der Waals surface area contributed by atoms with E-state index in [-0.39, 0.29) is 17.6 Å². The number of hydrogen-bond donors (Lipinski definition) is 0. The SMILES string of the molecule is O=C(N=C1C=C2C(=O)OC(=O)C2=CC1)Oc1ccccc1. The summed E-state index contributed by atoms with van der Waals surface area (Å²) in [4.78, 5) is 38.2. The van der Waals surface area contributed by atoms with Crippen molar-refractivity contribution in [2.24, 2.45) is 4.99 Å². The lowest BCUT2D eigenvalue weighted by Crippen LogP contribution is -2.10. The van der Waals surface area contributed by atoms with Gasteiger partial charge in [0.05, 0.1) is 16.9 Å². The lowest BCUT2D eigenvalue weighted by molar-refractivity contribution is -0.149. The first-order chi connectivity index (χ1) is 10.1. The van der Waals surface area contributed by atoms with E-state index < -0.39 is 18.0 Å². The minimum atomic E-state index is -0.789. The second kappa shape index (κ2) is 5.16. The van der Waals surface area contributed by atoms with Gasteiger partial charge in [-0.05, 0) is 18.2 Å². The van der Waals surface area contributed by atoms with E-state index in [1.165, 1.54) is 12.2 Å². The summed E-state index contributed by atoms with van der Waals surface area (Å²) in [7, 11) is 0. The van der Waals surface area contributed by atoms with Gasteiger partial charge in [-0.15, -0.1) is 0 Å². The van der Waals surface area contributed by atoms with Gasteiger partial charge in [-0.1, -0.05) is 24.3 Å². The fourth-order valence-corrected chi connectivity index (χ4v) is 1.98. The van der Waals surface area contributed by atoms with E-state index >= 15 is 0 Å². The molecule has 1 aliphatic carbocycles. The molecule has 1 aliphatic heterocycles. The van der Waals surface area contributed by atoms with Crippen LogP contribution in [0.15, 0.2) is 58.6 Å². The number of carbonyl (C=O) groups is 3. The Morgan fingerprint density at radius 2 is 1.81 bits per heavy atom. The van der Waals surface area contributed by atoms with E-state index in [0.29, 0.717) is 11.5 Å². The lowest BCUT2D eigenvalue weighted by atomic mass is 9.99. The zero-order valence-electron chi connectivity index (χ0n) is 10.7. The van der Waals surface area contributed by atoms with E-state index in [4.69, 9.17) is 4.74 Å². The average molecular weight is 283 g/mol. The molecule has 0 unspecified atom stereocenters. The van der Waals surface area contributed by atoms with Crippen molar-refractivity contribution in [3.63, 3.8) is 0 Å². The van der Waals surface area contributed by atoms with Crippen LogP contribution in [-0.2, 0) is 14.3 Å². The Kier molecular flexibility index (Phi) is 3.19. The number of nitrogens with zero attached hydrogens (tertiary/aromatic N) is 1. The van der Waals surface area contributed by atoms with E-state index in [1.54, 1.807) is 30.3 Å². The molecule has 1 aromatic carbocycles. The van der Waals surface area contributed by atoms with Gasteiger partial charge < -0.3 is 9.47 Å². The van der Waals surface area contributed by atoms with Crippen LogP contribution in [0.2, 0.25) is 0 Å². The van der Waals surface area contributed by atoms with Crippen LogP contribution in [0.4, 0.5) is 4.79 Å². The number of benzene rings is 1. The Balaban J connectivity index is 1.77. The fraction of sp³-hybridized carbons (Fsp3) is 0.0667. The highest BCUT2D eigenvalue weighted by Gasteiger charge is 2.35. The number of allylic oxidation sites excluding steroid dienone is 2. The minimum Gasteiger partial charge on any atom is -0.409 e. The summed E-state index contributed by atoms with van der Waals surface area (Å²) in [6.07, 6.45) is 2.35. The van der Waals surface area contributed by atoms with Crippen LogP contribution < -0.4 is 4.74 Å². The Morgan fingerprint density at radius 3 is 2.57 bits per heavy atom. The molecule has 104 valence electrons. The second-order valence-electron chi connectivity index (χ2n) is 4.34. The highest BCUT2D eigenvalue weighted by molar-refractivity contribution is 6.23. The van der Waals surface area contributed by atoms with Crippen molar-refractivity contribution in [2.75, 3.05) is 0 Å². The molecular weight excluding hydrogens is 274 g/mol. The first-order valence-electron chi connectivity index (χ1n) is 6.16. The van der Waals surface area contributed by atoms with Crippen molar-refractivity contribution >= 4 is 23.7 Å². The third-order valence-electron chi connectivity index (χ3n) is 2.92. The largest absolute Gasteiger partial charge is 0.439 e. The summed E-state index contributed by atoms with van der Waals surface area (Å²) >= 11 is 0. The molecule has 1 fully saturated rings. The molecule has 0 N–H and O–H groups in total. The predicted octanol–water partition coefficient (Wildman–Crippen LogP) is 1.97. The number of ether oxygens (including phenoxy) is 2. The number of fused-ring (bicyclic) bond motifs is 1. The molecule has 0 aromatic heterocycles. The Bertz CT molecular complexity index is 728. The smallest absolute Gasteiger partial charge is 0.409 e. The van der Waals surface area contributed by atoms with Crippen LogP contribution in [0.1, 0.15) is 6.42 Å². The van der Waals surface area contributed by atoms with Gasteiger partial charge in [0.15, 0.2) is 0 Å². The van der Waals surface area contributed by atoms with E-state index in [9.17, 15) is 14.4 Å². The lowest BCUT2D eigenvalue weighted by Gasteiger charge is -2.05. The van der Waals surface area contributed by atoms with Crippen LogP contribution in [0.5, 0.6) is 5.75 Å². The van der Waals surface area contributed by atoms with Crippen LogP contribution >= 0.6 is 0 Å². The summed E-state index contributed by atoms with van der Waals surface area (Å²) in [6.45, 7) is 0. The predicted molar refractivity (Wildman–Crippen MR) is 71.8 cm³/mol. The number of hydrogen-bond acceptors (Lipinski definition) is 5. The number of carbonyl (C=O) groups excluding carboxylic acids is 3. The topological polar surface area (TPSA) is 82.0 Å². The molecule has 0 bridgehead atoms. The maximum atomic E-state index is 11.7. The molecule has 0 atom stereocenters. The molecule has 6 heteroatoms. The maximum Gasteiger partial charge on any atom is 0.439 e. The van der Waals surface area contributed by atoms with Gasteiger partial charge in [0.2, 0.25) is 0 Å². The van der Waals surface area contributed by atoms with Crippen LogP contribution in [0.25, 0.3) is 0 Å². The standard InChI is InChI=1S/C15H9NO5/c17-13-11-7-6-9(8-12(11)14(18)21-13)16-15(19)20-10-4-2-1-3-5-10/h1-5,7-8H,6H2. The third kappa shape index (κ3) is 2.64. The van der Waals surface area contributed by atoms with Crippen molar-refractivity contribution in [1.82, 2.24) is 0 Å². The minimum absolute atomic E-state index is 0.123. The monoisotopic (exact) mass is 283 g/mol. The van der Waals surface area contributed by atoms with Gasteiger partial charge >= 0.3 is 18.0 Å². The molecule has 2 aliphatic rings. The van der Waals surface area contributed by atoms with Crippen LogP contribution in [-0.4, -0.2) is 23.7 Å². The highest BCUT2D eigenvalue weighted by atomic mass is 16.6. The molecular formula is C15H9NO5. The highest BCUT2D eigenvalue weighted by Crippen LogP contribution is 2.26. The number of para-hydroxylation sites is 1. The van der Waals surface area contributed by atoms with Crippen molar-refractivity contribution in [2.45, 2.75) is 6.42 Å². The van der Waals surface area contributed by atoms with Gasteiger partial charge in [0.1, 0.15) is 5.75 Å².